The van der Waals surface area contributed by atoms with Gasteiger partial charge in [-0.1, -0.05) is 25.1 Å². The standard InChI is InChI=1S/C23H24N2O4/c1-3-12-29-21-14-16(10-11-20(21)27-2)22-24-19-9-5-4-8-18(19)23(26)25(22)15-17-7-6-13-28-17/h4-11,13-14,22,24H,3,12,15H2,1-2H3. The number of ether oxygens (including phenoxy) is 2. The summed E-state index contributed by atoms with van der Waals surface area (Å²) in [5.74, 6) is 2.01. The smallest absolute Gasteiger partial charge is 0.258 e. The van der Waals surface area contributed by atoms with Crippen LogP contribution < -0.4 is 14.8 Å². The number of carbonyl (C=O) groups excluding carboxylic acids is 1. The molecule has 0 bridgehead atoms. The molecule has 2 aromatic carbocycles. The summed E-state index contributed by atoms with van der Waals surface area (Å²) in [6, 6.07) is 17.0. The molecule has 1 aliphatic heterocycles. The van der Waals surface area contributed by atoms with E-state index in [1.54, 1.807) is 18.3 Å². The quantitative estimate of drug-likeness (QED) is 0.623. The second-order valence-corrected chi connectivity index (χ2v) is 6.86. The molecule has 0 fully saturated rings. The highest BCUT2D eigenvalue weighted by Gasteiger charge is 2.33. The predicted octanol–water partition coefficient (Wildman–Crippen LogP) is 4.84. The van der Waals surface area contributed by atoms with Gasteiger partial charge in [-0.25, -0.2) is 0 Å². The monoisotopic (exact) mass is 392 g/mol. The van der Waals surface area contributed by atoms with Crippen molar-refractivity contribution in [3.63, 3.8) is 0 Å². The molecule has 150 valence electrons. The number of methoxy groups -OCH3 is 1. The molecule has 0 spiro atoms. The van der Waals surface area contributed by atoms with Crippen molar-refractivity contribution in [2.75, 3.05) is 19.0 Å². The maximum absolute atomic E-state index is 13.3. The van der Waals surface area contributed by atoms with Crippen molar-refractivity contribution in [3.05, 3.63) is 77.7 Å². The van der Waals surface area contributed by atoms with E-state index in [1.165, 1.54) is 0 Å². The first kappa shape index (κ1) is 18.9. The number of hydrogen-bond acceptors (Lipinski definition) is 5. The van der Waals surface area contributed by atoms with Crippen molar-refractivity contribution in [3.8, 4) is 11.5 Å². The fourth-order valence-electron chi connectivity index (χ4n) is 3.48. The van der Waals surface area contributed by atoms with Crippen molar-refractivity contribution in [1.29, 1.82) is 0 Å². The number of para-hydroxylation sites is 1. The van der Waals surface area contributed by atoms with Gasteiger partial charge in [0.05, 0.1) is 32.1 Å². The van der Waals surface area contributed by atoms with Gasteiger partial charge in [-0.15, -0.1) is 0 Å². The third-order valence-electron chi connectivity index (χ3n) is 4.89. The summed E-state index contributed by atoms with van der Waals surface area (Å²) in [6.45, 7) is 3.00. The van der Waals surface area contributed by atoms with Crippen LogP contribution in [0.5, 0.6) is 11.5 Å². The van der Waals surface area contributed by atoms with Crippen LogP contribution in [0.15, 0.2) is 65.3 Å². The lowest BCUT2D eigenvalue weighted by Gasteiger charge is -2.38. The first-order valence-corrected chi connectivity index (χ1v) is 9.71. The molecule has 6 nitrogen and oxygen atoms in total. The zero-order valence-electron chi connectivity index (χ0n) is 16.6. The van der Waals surface area contributed by atoms with Gasteiger partial charge in [-0.05, 0) is 48.4 Å². The number of amides is 1. The van der Waals surface area contributed by atoms with Crippen LogP contribution in [-0.4, -0.2) is 24.5 Å². The highest BCUT2D eigenvalue weighted by Crippen LogP contribution is 2.37. The molecule has 1 N–H and O–H groups in total. The fourth-order valence-corrected chi connectivity index (χ4v) is 3.48. The van der Waals surface area contributed by atoms with Crippen LogP contribution in [-0.2, 0) is 6.54 Å². The highest BCUT2D eigenvalue weighted by atomic mass is 16.5. The second-order valence-electron chi connectivity index (χ2n) is 6.86. The number of nitrogens with one attached hydrogen (secondary N) is 1. The summed E-state index contributed by atoms with van der Waals surface area (Å²) in [6.07, 6.45) is 2.15. The Morgan fingerprint density at radius 3 is 2.72 bits per heavy atom. The van der Waals surface area contributed by atoms with Gasteiger partial charge in [-0.3, -0.25) is 4.79 Å². The number of carbonyl (C=O) groups is 1. The predicted molar refractivity (Wildman–Crippen MR) is 110 cm³/mol. The molecular weight excluding hydrogens is 368 g/mol. The molecule has 2 heterocycles. The SMILES string of the molecule is CCCOc1cc(C2Nc3ccccc3C(=O)N2Cc2ccco2)ccc1OC. The van der Waals surface area contributed by atoms with Gasteiger partial charge in [0.1, 0.15) is 11.9 Å². The Kier molecular flexibility index (Phi) is 5.42. The van der Waals surface area contributed by atoms with Crippen molar-refractivity contribution in [1.82, 2.24) is 4.90 Å². The van der Waals surface area contributed by atoms with Gasteiger partial charge in [0.15, 0.2) is 11.5 Å². The Bertz CT molecular complexity index is 984. The van der Waals surface area contributed by atoms with E-state index in [-0.39, 0.29) is 12.1 Å². The Labute approximate surface area is 170 Å². The normalized spacial score (nSPS) is 15.6. The summed E-state index contributed by atoms with van der Waals surface area (Å²) in [5, 5.41) is 3.49. The molecule has 29 heavy (non-hydrogen) atoms. The summed E-state index contributed by atoms with van der Waals surface area (Å²) < 4.78 is 16.8. The maximum Gasteiger partial charge on any atom is 0.258 e. The van der Waals surface area contributed by atoms with Crippen molar-refractivity contribution >= 4 is 11.6 Å². The molecule has 1 aromatic heterocycles. The average Bonchev–Trinajstić information content (AvgIpc) is 3.27. The molecule has 0 radical (unpaired) electrons. The molecule has 0 saturated carbocycles. The Morgan fingerprint density at radius 2 is 1.97 bits per heavy atom. The Hall–Kier alpha value is -3.41. The third kappa shape index (κ3) is 3.78. The number of benzene rings is 2. The van der Waals surface area contributed by atoms with Crippen LogP contribution in [0.25, 0.3) is 0 Å². The fraction of sp³-hybridized carbons (Fsp3) is 0.261. The van der Waals surface area contributed by atoms with Crippen molar-refractivity contribution < 1.29 is 18.7 Å². The maximum atomic E-state index is 13.3. The number of anilines is 1. The van der Waals surface area contributed by atoms with Crippen LogP contribution >= 0.6 is 0 Å². The number of rotatable bonds is 7. The third-order valence-corrected chi connectivity index (χ3v) is 4.89. The van der Waals surface area contributed by atoms with Crippen LogP contribution in [0.4, 0.5) is 5.69 Å². The molecule has 3 aromatic rings. The van der Waals surface area contributed by atoms with Crippen LogP contribution in [0.2, 0.25) is 0 Å². The first-order valence-electron chi connectivity index (χ1n) is 9.71. The van der Waals surface area contributed by atoms with E-state index in [9.17, 15) is 4.79 Å². The molecule has 4 rings (SSSR count). The van der Waals surface area contributed by atoms with E-state index in [4.69, 9.17) is 13.9 Å². The minimum Gasteiger partial charge on any atom is -0.493 e. The highest BCUT2D eigenvalue weighted by molar-refractivity contribution is 6.01. The minimum atomic E-state index is -0.364. The van der Waals surface area contributed by atoms with Crippen molar-refractivity contribution in [2.45, 2.75) is 26.1 Å². The minimum absolute atomic E-state index is 0.0485. The Balaban J connectivity index is 1.74. The van der Waals surface area contributed by atoms with Crippen LogP contribution in [0.3, 0.4) is 0 Å². The summed E-state index contributed by atoms with van der Waals surface area (Å²) in [5.41, 5.74) is 2.36. The molecule has 6 heteroatoms. The van der Waals surface area contributed by atoms with Gasteiger partial charge in [0, 0.05) is 5.69 Å². The Morgan fingerprint density at radius 1 is 1.10 bits per heavy atom. The number of fused-ring (bicyclic) bond motifs is 1. The zero-order chi connectivity index (χ0) is 20.2. The van der Waals surface area contributed by atoms with Gasteiger partial charge in [0.2, 0.25) is 0 Å². The molecule has 1 amide bonds. The van der Waals surface area contributed by atoms with E-state index >= 15 is 0 Å². The van der Waals surface area contributed by atoms with E-state index < -0.39 is 0 Å². The second kappa shape index (κ2) is 8.31. The van der Waals surface area contributed by atoms with Crippen LogP contribution in [0, 0.1) is 0 Å². The van der Waals surface area contributed by atoms with Crippen molar-refractivity contribution in [2.24, 2.45) is 0 Å². The largest absolute Gasteiger partial charge is 0.493 e. The van der Waals surface area contributed by atoms with Crippen LogP contribution in [0.1, 0.15) is 41.2 Å². The molecule has 1 unspecified atom stereocenters. The van der Waals surface area contributed by atoms with Gasteiger partial charge >= 0.3 is 0 Å². The van der Waals surface area contributed by atoms with E-state index in [0.29, 0.717) is 30.2 Å². The number of hydrogen-bond donors (Lipinski definition) is 1. The number of nitrogens with zero attached hydrogens (tertiary/aromatic N) is 1. The lowest BCUT2D eigenvalue weighted by molar-refractivity contribution is 0.0651. The topological polar surface area (TPSA) is 63.9 Å². The van der Waals surface area contributed by atoms with Gasteiger partial charge in [0.25, 0.3) is 5.91 Å². The van der Waals surface area contributed by atoms with E-state index in [1.807, 2.05) is 54.6 Å². The lowest BCUT2D eigenvalue weighted by atomic mass is 10.0. The average molecular weight is 392 g/mol. The first-order chi connectivity index (χ1) is 14.2. The lowest BCUT2D eigenvalue weighted by Crippen LogP contribution is -2.42. The van der Waals surface area contributed by atoms with E-state index in [2.05, 4.69) is 12.2 Å². The molecule has 0 aliphatic carbocycles. The van der Waals surface area contributed by atoms with Gasteiger partial charge in [-0.2, -0.15) is 0 Å². The molecule has 0 saturated heterocycles. The summed E-state index contributed by atoms with van der Waals surface area (Å²) in [4.78, 5) is 15.1. The molecule has 1 aliphatic rings. The van der Waals surface area contributed by atoms with Gasteiger partial charge < -0.3 is 24.1 Å². The molecule has 1 atom stereocenters. The summed E-state index contributed by atoms with van der Waals surface area (Å²) >= 11 is 0. The zero-order valence-corrected chi connectivity index (χ0v) is 16.6. The number of furan rings is 1. The molecular formula is C23H24N2O4. The summed E-state index contributed by atoms with van der Waals surface area (Å²) in [7, 11) is 1.62. The van der Waals surface area contributed by atoms with E-state index in [0.717, 1.165) is 23.4 Å².